The number of alkyl halides is 3. The van der Waals surface area contributed by atoms with E-state index in [0.717, 1.165) is 24.5 Å². The van der Waals surface area contributed by atoms with Gasteiger partial charge in [-0.2, -0.15) is 23.3 Å². The maximum atomic E-state index is 13.5. The molecule has 0 atom stereocenters. The first kappa shape index (κ1) is 20.2. The number of hydrogen-bond acceptors (Lipinski definition) is 6. The van der Waals surface area contributed by atoms with Gasteiger partial charge in [0.2, 0.25) is 5.88 Å². The number of methoxy groups -OCH3 is 2. The number of fused-ring (bicyclic) bond motifs is 1. The molecule has 1 aliphatic carbocycles. The topological polar surface area (TPSA) is 74.4 Å². The molecule has 164 valence electrons. The van der Waals surface area contributed by atoms with Crippen LogP contribution < -0.4 is 9.47 Å². The minimum absolute atomic E-state index is 0.0131. The predicted molar refractivity (Wildman–Crippen MR) is 110 cm³/mol. The lowest BCUT2D eigenvalue weighted by atomic mass is 10.0. The molecule has 0 unspecified atom stereocenters. The van der Waals surface area contributed by atoms with Crippen LogP contribution in [0.2, 0.25) is 0 Å². The van der Waals surface area contributed by atoms with Crippen molar-refractivity contribution >= 4 is 5.65 Å². The summed E-state index contributed by atoms with van der Waals surface area (Å²) in [4.78, 5) is 12.9. The summed E-state index contributed by atoms with van der Waals surface area (Å²) in [5, 5.41) is 4.59. The smallest absolute Gasteiger partial charge is 0.417 e. The zero-order valence-electron chi connectivity index (χ0n) is 17.2. The molecule has 10 heteroatoms. The second-order valence-corrected chi connectivity index (χ2v) is 7.48. The van der Waals surface area contributed by atoms with Crippen LogP contribution in [0.4, 0.5) is 13.2 Å². The van der Waals surface area contributed by atoms with E-state index < -0.39 is 11.7 Å². The molecule has 0 radical (unpaired) electrons. The van der Waals surface area contributed by atoms with Crippen molar-refractivity contribution in [2.75, 3.05) is 14.2 Å². The van der Waals surface area contributed by atoms with Crippen LogP contribution in [0, 0.1) is 0 Å². The van der Waals surface area contributed by atoms with Gasteiger partial charge in [0.25, 0.3) is 0 Å². The molecule has 1 saturated carbocycles. The fraction of sp³-hybridized carbons (Fsp3) is 0.273. The fourth-order valence-electron chi connectivity index (χ4n) is 3.69. The Balaban J connectivity index is 1.70. The standard InChI is InChI=1S/C22H18F3N5O2/c1-31-20-15(10-26-21(28-20)32-2)17-9-14(12-7-8-12)19-27-18(11-30(19)29-17)13-5-3-4-6-16(13)22(23,24)25/h3-6,9-12H,7-8H2,1-2H3. The first-order valence-electron chi connectivity index (χ1n) is 9.91. The lowest BCUT2D eigenvalue weighted by molar-refractivity contribution is -0.137. The normalized spacial score (nSPS) is 14.0. The van der Waals surface area contributed by atoms with Crippen LogP contribution in [-0.2, 0) is 6.18 Å². The molecule has 0 aliphatic heterocycles. The quantitative estimate of drug-likeness (QED) is 0.444. The van der Waals surface area contributed by atoms with Crippen molar-refractivity contribution in [3.05, 3.63) is 53.9 Å². The maximum absolute atomic E-state index is 13.5. The van der Waals surface area contributed by atoms with Gasteiger partial charge in [-0.3, -0.25) is 0 Å². The van der Waals surface area contributed by atoms with Crippen molar-refractivity contribution in [1.29, 1.82) is 0 Å². The Morgan fingerprint density at radius 2 is 1.78 bits per heavy atom. The van der Waals surface area contributed by atoms with Gasteiger partial charge in [-0.15, -0.1) is 0 Å². The lowest BCUT2D eigenvalue weighted by Crippen LogP contribution is -2.06. The van der Waals surface area contributed by atoms with E-state index in [1.807, 2.05) is 6.07 Å². The van der Waals surface area contributed by atoms with Crippen molar-refractivity contribution in [1.82, 2.24) is 24.6 Å². The summed E-state index contributed by atoms with van der Waals surface area (Å²) in [6.07, 6.45) is 0.546. The number of ether oxygens (including phenoxy) is 2. The van der Waals surface area contributed by atoms with Crippen LogP contribution in [0.1, 0.15) is 29.9 Å². The first-order chi connectivity index (χ1) is 15.4. The summed E-state index contributed by atoms with van der Waals surface area (Å²) in [5.74, 6) is 0.561. The first-order valence-corrected chi connectivity index (χ1v) is 9.91. The highest BCUT2D eigenvalue weighted by Crippen LogP contribution is 2.44. The second-order valence-electron chi connectivity index (χ2n) is 7.48. The Morgan fingerprint density at radius 1 is 1.00 bits per heavy atom. The average molecular weight is 441 g/mol. The fourth-order valence-corrected chi connectivity index (χ4v) is 3.69. The summed E-state index contributed by atoms with van der Waals surface area (Å²) in [6, 6.07) is 7.44. The minimum Gasteiger partial charge on any atom is -0.480 e. The molecule has 0 spiro atoms. The monoisotopic (exact) mass is 441 g/mol. The summed E-state index contributed by atoms with van der Waals surface area (Å²) >= 11 is 0. The molecule has 0 amide bonds. The van der Waals surface area contributed by atoms with E-state index in [1.165, 1.54) is 37.1 Å². The molecule has 1 aromatic carbocycles. The maximum Gasteiger partial charge on any atom is 0.417 e. The third kappa shape index (κ3) is 3.51. The second kappa shape index (κ2) is 7.47. The largest absolute Gasteiger partial charge is 0.480 e. The molecule has 7 nitrogen and oxygen atoms in total. The Labute approximate surface area is 180 Å². The Morgan fingerprint density at radius 3 is 2.47 bits per heavy atom. The molecule has 1 fully saturated rings. The van der Waals surface area contributed by atoms with Crippen molar-refractivity contribution in [3.8, 4) is 34.4 Å². The van der Waals surface area contributed by atoms with Crippen LogP contribution in [0.15, 0.2) is 42.7 Å². The molecule has 1 aliphatic rings. The van der Waals surface area contributed by atoms with Gasteiger partial charge in [0.1, 0.15) is 0 Å². The molecule has 3 aromatic heterocycles. The van der Waals surface area contributed by atoms with Crippen LogP contribution in [0.3, 0.4) is 0 Å². The molecular formula is C22H18F3N5O2. The average Bonchev–Trinajstić information content (AvgIpc) is 3.55. The number of aromatic nitrogens is 5. The number of rotatable bonds is 5. The van der Waals surface area contributed by atoms with Gasteiger partial charge in [-0.05, 0) is 30.9 Å². The molecular weight excluding hydrogens is 423 g/mol. The summed E-state index contributed by atoms with van der Waals surface area (Å²) in [6.45, 7) is 0. The third-order valence-corrected chi connectivity index (χ3v) is 5.36. The van der Waals surface area contributed by atoms with E-state index >= 15 is 0 Å². The third-order valence-electron chi connectivity index (χ3n) is 5.36. The Kier molecular flexibility index (Phi) is 4.72. The summed E-state index contributed by atoms with van der Waals surface area (Å²) in [5.41, 5.74) is 2.03. The van der Waals surface area contributed by atoms with Crippen molar-refractivity contribution in [3.63, 3.8) is 0 Å². The van der Waals surface area contributed by atoms with Gasteiger partial charge in [-0.25, -0.2) is 14.5 Å². The number of hydrogen-bond donors (Lipinski definition) is 0. The zero-order valence-corrected chi connectivity index (χ0v) is 17.2. The van der Waals surface area contributed by atoms with E-state index in [4.69, 9.17) is 9.47 Å². The van der Waals surface area contributed by atoms with Crippen molar-refractivity contribution in [2.45, 2.75) is 24.9 Å². The predicted octanol–water partition coefficient (Wildman–Crippen LogP) is 4.77. The molecule has 0 saturated heterocycles. The number of imidazole rings is 1. The van der Waals surface area contributed by atoms with Gasteiger partial charge in [0, 0.05) is 17.3 Å². The minimum atomic E-state index is -4.49. The summed E-state index contributed by atoms with van der Waals surface area (Å²) < 4.78 is 52.6. The van der Waals surface area contributed by atoms with Crippen LogP contribution in [0.5, 0.6) is 11.9 Å². The van der Waals surface area contributed by atoms with Gasteiger partial charge in [0.15, 0.2) is 5.65 Å². The van der Waals surface area contributed by atoms with Crippen LogP contribution >= 0.6 is 0 Å². The lowest BCUT2D eigenvalue weighted by Gasteiger charge is -2.10. The van der Waals surface area contributed by atoms with E-state index in [9.17, 15) is 13.2 Å². The van der Waals surface area contributed by atoms with E-state index in [1.54, 1.807) is 12.3 Å². The number of halogens is 3. The molecule has 3 heterocycles. The highest BCUT2D eigenvalue weighted by Gasteiger charge is 2.34. The molecule has 0 bridgehead atoms. The van der Waals surface area contributed by atoms with Gasteiger partial charge in [-0.1, -0.05) is 18.2 Å². The SMILES string of the molecule is COc1ncc(-c2cc(C3CC3)c3nc(-c4ccccc4C(F)(F)F)cn3n2)c(OC)n1. The van der Waals surface area contributed by atoms with Crippen LogP contribution in [0.25, 0.3) is 28.2 Å². The molecule has 5 rings (SSSR count). The number of nitrogens with zero attached hydrogens (tertiary/aromatic N) is 5. The van der Waals surface area contributed by atoms with Gasteiger partial charge in [0.05, 0.1) is 42.9 Å². The molecule has 4 aromatic rings. The van der Waals surface area contributed by atoms with E-state index in [0.29, 0.717) is 16.9 Å². The Bertz CT molecular complexity index is 1310. The molecule has 0 N–H and O–H groups in total. The zero-order chi connectivity index (χ0) is 22.5. The summed E-state index contributed by atoms with van der Waals surface area (Å²) in [7, 11) is 2.94. The van der Waals surface area contributed by atoms with E-state index in [-0.39, 0.29) is 29.1 Å². The molecule has 32 heavy (non-hydrogen) atoms. The Hall–Kier alpha value is -3.69. The van der Waals surface area contributed by atoms with Gasteiger partial charge < -0.3 is 9.47 Å². The van der Waals surface area contributed by atoms with Gasteiger partial charge >= 0.3 is 12.2 Å². The van der Waals surface area contributed by atoms with Crippen molar-refractivity contribution < 1.29 is 22.6 Å². The van der Waals surface area contributed by atoms with Crippen LogP contribution in [-0.4, -0.2) is 38.8 Å². The number of benzene rings is 1. The van der Waals surface area contributed by atoms with Crippen molar-refractivity contribution in [2.24, 2.45) is 0 Å². The van der Waals surface area contributed by atoms with E-state index in [2.05, 4.69) is 20.1 Å². The highest BCUT2D eigenvalue weighted by atomic mass is 19.4. The highest BCUT2D eigenvalue weighted by molar-refractivity contribution is 5.71.